The minimum atomic E-state index is -0.500. The Kier molecular flexibility index (Phi) is 3.73. The molecule has 1 aromatic heterocycles. The highest BCUT2D eigenvalue weighted by Crippen LogP contribution is 2.20. The number of hydrogen-bond donors (Lipinski definition) is 1. The van der Waals surface area contributed by atoms with E-state index in [0.717, 1.165) is 17.7 Å². The number of nitrogens with one attached hydrogen (secondary N) is 1. The average Bonchev–Trinajstić information content (AvgIpc) is 3.00. The zero-order chi connectivity index (χ0) is 15.5. The molecule has 0 saturated heterocycles. The Morgan fingerprint density at radius 3 is 3.18 bits per heavy atom. The molecule has 0 spiro atoms. The van der Waals surface area contributed by atoms with Crippen LogP contribution in [0.2, 0.25) is 0 Å². The zero-order valence-electron chi connectivity index (χ0n) is 11.7. The van der Waals surface area contributed by atoms with Crippen molar-refractivity contribution in [3.05, 3.63) is 51.8 Å². The molecule has 0 unspecified atom stereocenters. The predicted octanol–water partition coefficient (Wildman–Crippen LogP) is 1.28. The van der Waals surface area contributed by atoms with E-state index in [0.29, 0.717) is 18.8 Å². The van der Waals surface area contributed by atoms with Gasteiger partial charge in [0.15, 0.2) is 6.61 Å². The maximum absolute atomic E-state index is 12.2. The number of non-ortho nitro benzene ring substituents is 1. The van der Waals surface area contributed by atoms with Gasteiger partial charge in [0.05, 0.1) is 17.2 Å². The van der Waals surface area contributed by atoms with Crippen molar-refractivity contribution >= 4 is 11.6 Å². The highest BCUT2D eigenvalue weighted by Gasteiger charge is 2.22. The fourth-order valence-corrected chi connectivity index (χ4v) is 2.36. The molecule has 2 heterocycles. The number of nitro groups is 1. The fraction of sp³-hybridized carbons (Fsp3) is 0.286. The monoisotopic (exact) mass is 302 g/mol. The van der Waals surface area contributed by atoms with E-state index in [1.54, 1.807) is 17.2 Å². The maximum atomic E-state index is 12.2. The molecule has 0 fully saturated rings. The summed E-state index contributed by atoms with van der Waals surface area (Å²) in [6, 6.07) is 5.79. The van der Waals surface area contributed by atoms with E-state index >= 15 is 0 Å². The second-order valence-electron chi connectivity index (χ2n) is 4.98. The SMILES string of the molecule is O=C(COc1cccc([N+](=O)[O-])c1)N1CCc2[nH]ncc2C1. The summed E-state index contributed by atoms with van der Waals surface area (Å²) in [5.74, 6) is 0.155. The molecule has 2 aromatic rings. The number of carbonyl (C=O) groups is 1. The topological polar surface area (TPSA) is 101 Å². The number of ether oxygens (including phenoxy) is 1. The zero-order valence-corrected chi connectivity index (χ0v) is 11.7. The van der Waals surface area contributed by atoms with Gasteiger partial charge in [0.2, 0.25) is 0 Å². The molecular weight excluding hydrogens is 288 g/mol. The number of nitro benzene ring substituents is 1. The standard InChI is InChI=1S/C14H14N4O4/c19-14(17-5-4-13-10(8-17)7-15-16-13)9-22-12-3-1-2-11(6-12)18(20)21/h1-3,6-7H,4-5,8-9H2,(H,15,16). The van der Waals surface area contributed by atoms with E-state index in [1.165, 1.54) is 18.2 Å². The summed E-state index contributed by atoms with van der Waals surface area (Å²) in [6.45, 7) is 0.962. The molecule has 8 nitrogen and oxygen atoms in total. The Hall–Kier alpha value is -2.90. The Balaban J connectivity index is 1.59. The predicted molar refractivity (Wildman–Crippen MR) is 76.3 cm³/mol. The molecule has 0 radical (unpaired) electrons. The lowest BCUT2D eigenvalue weighted by molar-refractivity contribution is -0.384. The molecule has 1 N–H and O–H groups in total. The Bertz CT molecular complexity index is 712. The quantitative estimate of drug-likeness (QED) is 0.677. The van der Waals surface area contributed by atoms with Crippen LogP contribution < -0.4 is 4.74 Å². The minimum absolute atomic E-state index is 0.0639. The summed E-state index contributed by atoms with van der Waals surface area (Å²) >= 11 is 0. The molecule has 0 aliphatic carbocycles. The van der Waals surface area contributed by atoms with E-state index in [-0.39, 0.29) is 18.2 Å². The van der Waals surface area contributed by atoms with Crippen LogP contribution in [0.4, 0.5) is 5.69 Å². The smallest absolute Gasteiger partial charge is 0.273 e. The van der Waals surface area contributed by atoms with Crippen molar-refractivity contribution in [1.29, 1.82) is 0 Å². The first-order chi connectivity index (χ1) is 10.6. The minimum Gasteiger partial charge on any atom is -0.484 e. The molecule has 114 valence electrons. The summed E-state index contributed by atoms with van der Waals surface area (Å²) in [5, 5.41) is 17.6. The van der Waals surface area contributed by atoms with Crippen LogP contribution in [-0.4, -0.2) is 39.1 Å². The van der Waals surface area contributed by atoms with Gasteiger partial charge in [0.1, 0.15) is 5.75 Å². The third-order valence-electron chi connectivity index (χ3n) is 3.54. The van der Waals surface area contributed by atoms with Crippen LogP contribution in [0.15, 0.2) is 30.5 Å². The van der Waals surface area contributed by atoms with Gasteiger partial charge in [-0.25, -0.2) is 0 Å². The van der Waals surface area contributed by atoms with Crippen molar-refractivity contribution in [2.45, 2.75) is 13.0 Å². The van der Waals surface area contributed by atoms with Gasteiger partial charge in [-0.2, -0.15) is 5.10 Å². The van der Waals surface area contributed by atoms with E-state index < -0.39 is 4.92 Å². The number of amides is 1. The van der Waals surface area contributed by atoms with Crippen molar-refractivity contribution in [3.63, 3.8) is 0 Å². The van der Waals surface area contributed by atoms with E-state index in [4.69, 9.17) is 4.74 Å². The van der Waals surface area contributed by atoms with Gasteiger partial charge in [0.25, 0.3) is 11.6 Å². The van der Waals surface area contributed by atoms with E-state index in [9.17, 15) is 14.9 Å². The lowest BCUT2D eigenvalue weighted by Crippen LogP contribution is -2.38. The van der Waals surface area contributed by atoms with Gasteiger partial charge in [0, 0.05) is 36.8 Å². The number of aromatic nitrogens is 2. The largest absolute Gasteiger partial charge is 0.484 e. The Morgan fingerprint density at radius 2 is 2.36 bits per heavy atom. The first kappa shape index (κ1) is 14.1. The molecule has 22 heavy (non-hydrogen) atoms. The van der Waals surface area contributed by atoms with Gasteiger partial charge in [-0.15, -0.1) is 0 Å². The maximum Gasteiger partial charge on any atom is 0.273 e. The summed E-state index contributed by atoms with van der Waals surface area (Å²) in [4.78, 5) is 24.0. The summed E-state index contributed by atoms with van der Waals surface area (Å²) in [7, 11) is 0. The average molecular weight is 302 g/mol. The first-order valence-corrected chi connectivity index (χ1v) is 6.79. The van der Waals surface area contributed by atoms with Crippen LogP contribution in [0.25, 0.3) is 0 Å². The molecule has 0 saturated carbocycles. The van der Waals surface area contributed by atoms with E-state index in [1.807, 2.05) is 0 Å². The van der Waals surface area contributed by atoms with Crippen molar-refractivity contribution in [2.75, 3.05) is 13.2 Å². The van der Waals surface area contributed by atoms with Gasteiger partial charge >= 0.3 is 0 Å². The number of H-pyrrole nitrogens is 1. The van der Waals surface area contributed by atoms with Gasteiger partial charge in [-0.3, -0.25) is 20.0 Å². The second kappa shape index (κ2) is 5.84. The molecule has 0 atom stereocenters. The molecule has 8 heteroatoms. The van der Waals surface area contributed by atoms with Crippen LogP contribution in [0.5, 0.6) is 5.75 Å². The number of carbonyl (C=O) groups excluding carboxylic acids is 1. The molecule has 1 aliphatic rings. The first-order valence-electron chi connectivity index (χ1n) is 6.79. The normalized spacial score (nSPS) is 13.5. The molecule has 1 aromatic carbocycles. The lowest BCUT2D eigenvalue weighted by atomic mass is 10.1. The third kappa shape index (κ3) is 2.90. The molecule has 1 amide bonds. The van der Waals surface area contributed by atoms with Gasteiger partial charge in [-0.1, -0.05) is 6.07 Å². The number of nitrogens with zero attached hydrogens (tertiary/aromatic N) is 3. The van der Waals surface area contributed by atoms with Crippen molar-refractivity contribution < 1.29 is 14.5 Å². The summed E-state index contributed by atoms with van der Waals surface area (Å²) < 4.78 is 5.36. The molecule has 1 aliphatic heterocycles. The number of aromatic amines is 1. The Morgan fingerprint density at radius 1 is 1.50 bits per heavy atom. The van der Waals surface area contributed by atoms with Crippen molar-refractivity contribution in [2.24, 2.45) is 0 Å². The number of benzene rings is 1. The van der Waals surface area contributed by atoms with Crippen LogP contribution in [0, 0.1) is 10.1 Å². The van der Waals surface area contributed by atoms with Crippen molar-refractivity contribution in [1.82, 2.24) is 15.1 Å². The molecular formula is C14H14N4O4. The number of hydrogen-bond acceptors (Lipinski definition) is 5. The van der Waals surface area contributed by atoms with E-state index in [2.05, 4.69) is 10.2 Å². The van der Waals surface area contributed by atoms with Crippen LogP contribution in [0.3, 0.4) is 0 Å². The molecule has 0 bridgehead atoms. The third-order valence-corrected chi connectivity index (χ3v) is 3.54. The molecule has 3 rings (SSSR count). The number of fused-ring (bicyclic) bond motifs is 1. The van der Waals surface area contributed by atoms with Gasteiger partial charge < -0.3 is 9.64 Å². The van der Waals surface area contributed by atoms with Gasteiger partial charge in [-0.05, 0) is 6.07 Å². The summed E-state index contributed by atoms with van der Waals surface area (Å²) in [6.07, 6.45) is 2.45. The second-order valence-corrected chi connectivity index (χ2v) is 4.98. The summed E-state index contributed by atoms with van der Waals surface area (Å²) in [5.41, 5.74) is 2.00. The van der Waals surface area contributed by atoms with Crippen LogP contribution in [-0.2, 0) is 17.8 Å². The highest BCUT2D eigenvalue weighted by atomic mass is 16.6. The van der Waals surface area contributed by atoms with Crippen molar-refractivity contribution in [3.8, 4) is 5.75 Å². The number of rotatable bonds is 4. The van der Waals surface area contributed by atoms with Crippen LogP contribution in [0.1, 0.15) is 11.3 Å². The Labute approximate surface area is 125 Å². The van der Waals surface area contributed by atoms with Crippen LogP contribution >= 0.6 is 0 Å². The highest BCUT2D eigenvalue weighted by molar-refractivity contribution is 5.78. The lowest BCUT2D eigenvalue weighted by Gasteiger charge is -2.26. The fourth-order valence-electron chi connectivity index (χ4n) is 2.36.